The maximum atomic E-state index is 12.6. The van der Waals surface area contributed by atoms with Crippen LogP contribution >= 0.6 is 0 Å². The molecule has 3 heteroatoms. The first kappa shape index (κ1) is 15.0. The van der Waals surface area contributed by atoms with Gasteiger partial charge in [0, 0.05) is 19.6 Å². The predicted octanol–water partition coefficient (Wildman–Crippen LogP) is 2.73. The number of aryl methyl sites for hydroxylation is 1. The fraction of sp³-hybridized carbons (Fsp3) is 0.588. The molecule has 0 saturated carbocycles. The molecule has 0 aliphatic carbocycles. The molecular weight excluding hydrogens is 248 g/mol. The van der Waals surface area contributed by atoms with Gasteiger partial charge in [-0.05, 0) is 38.3 Å². The maximum absolute atomic E-state index is 12.6. The van der Waals surface area contributed by atoms with E-state index in [0.29, 0.717) is 5.91 Å². The topological polar surface area (TPSA) is 32.3 Å². The molecule has 0 radical (unpaired) electrons. The van der Waals surface area contributed by atoms with Gasteiger partial charge in [-0.3, -0.25) is 4.79 Å². The normalized spacial score (nSPS) is 18.8. The van der Waals surface area contributed by atoms with E-state index in [2.05, 4.69) is 43.4 Å². The SMILES string of the molecule is CCCN(Cc1ccc(C)cc1)C(=O)[C@@H]1CCCNC1. The Balaban J connectivity index is 2.01. The van der Waals surface area contributed by atoms with Crippen molar-refractivity contribution in [2.24, 2.45) is 5.92 Å². The molecule has 110 valence electrons. The zero-order valence-corrected chi connectivity index (χ0v) is 12.7. The standard InChI is InChI=1S/C17H26N2O/c1-3-11-19(13-15-8-6-14(2)7-9-15)17(20)16-5-4-10-18-12-16/h6-9,16,18H,3-5,10-13H2,1-2H3/t16-/m1/s1. The molecule has 0 spiro atoms. The van der Waals surface area contributed by atoms with E-state index in [1.807, 2.05) is 4.90 Å². The van der Waals surface area contributed by atoms with Gasteiger partial charge in [0.25, 0.3) is 0 Å². The van der Waals surface area contributed by atoms with Crippen LogP contribution in [0, 0.1) is 12.8 Å². The number of amides is 1. The number of hydrogen-bond donors (Lipinski definition) is 1. The highest BCUT2D eigenvalue weighted by atomic mass is 16.2. The molecule has 1 aliphatic rings. The van der Waals surface area contributed by atoms with Gasteiger partial charge in [-0.1, -0.05) is 36.8 Å². The second-order valence-corrected chi connectivity index (χ2v) is 5.79. The molecule has 1 N–H and O–H groups in total. The molecule has 1 aromatic rings. The van der Waals surface area contributed by atoms with Gasteiger partial charge < -0.3 is 10.2 Å². The Labute approximate surface area is 122 Å². The molecule has 0 unspecified atom stereocenters. The number of benzene rings is 1. The van der Waals surface area contributed by atoms with E-state index >= 15 is 0 Å². The summed E-state index contributed by atoms with van der Waals surface area (Å²) in [7, 11) is 0. The Morgan fingerprint density at radius 2 is 2.10 bits per heavy atom. The monoisotopic (exact) mass is 274 g/mol. The Kier molecular flexibility index (Phi) is 5.60. The van der Waals surface area contributed by atoms with Gasteiger partial charge in [-0.15, -0.1) is 0 Å². The minimum absolute atomic E-state index is 0.167. The highest BCUT2D eigenvalue weighted by molar-refractivity contribution is 5.79. The van der Waals surface area contributed by atoms with Crippen molar-refractivity contribution in [3.63, 3.8) is 0 Å². The fourth-order valence-corrected chi connectivity index (χ4v) is 2.77. The van der Waals surface area contributed by atoms with Crippen LogP contribution < -0.4 is 5.32 Å². The van der Waals surface area contributed by atoms with Crippen molar-refractivity contribution in [2.45, 2.75) is 39.7 Å². The number of hydrogen-bond acceptors (Lipinski definition) is 2. The molecule has 1 fully saturated rings. The Morgan fingerprint density at radius 1 is 1.35 bits per heavy atom. The molecule has 0 aromatic heterocycles. The van der Waals surface area contributed by atoms with E-state index < -0.39 is 0 Å². The van der Waals surface area contributed by atoms with Crippen molar-refractivity contribution >= 4 is 5.91 Å². The molecule has 1 heterocycles. The molecule has 3 nitrogen and oxygen atoms in total. The number of rotatable bonds is 5. The average molecular weight is 274 g/mol. The van der Waals surface area contributed by atoms with Crippen LogP contribution in [0.5, 0.6) is 0 Å². The maximum Gasteiger partial charge on any atom is 0.227 e. The van der Waals surface area contributed by atoms with Gasteiger partial charge in [0.15, 0.2) is 0 Å². The Hall–Kier alpha value is -1.35. The lowest BCUT2D eigenvalue weighted by atomic mass is 9.97. The van der Waals surface area contributed by atoms with E-state index in [4.69, 9.17) is 0 Å². The lowest BCUT2D eigenvalue weighted by molar-refractivity contribution is -0.136. The minimum Gasteiger partial charge on any atom is -0.338 e. The van der Waals surface area contributed by atoms with Gasteiger partial charge in [-0.25, -0.2) is 0 Å². The van der Waals surface area contributed by atoms with Crippen LogP contribution in [0.3, 0.4) is 0 Å². The molecular formula is C17H26N2O. The number of carbonyl (C=O) groups excluding carboxylic acids is 1. The highest BCUT2D eigenvalue weighted by Crippen LogP contribution is 2.16. The summed E-state index contributed by atoms with van der Waals surface area (Å²) >= 11 is 0. The fourth-order valence-electron chi connectivity index (χ4n) is 2.77. The van der Waals surface area contributed by atoms with Gasteiger partial charge >= 0.3 is 0 Å². The molecule has 1 aliphatic heterocycles. The molecule has 1 amide bonds. The first-order chi connectivity index (χ1) is 9.70. The zero-order valence-electron chi connectivity index (χ0n) is 12.7. The Bertz CT molecular complexity index is 421. The van der Waals surface area contributed by atoms with Crippen molar-refractivity contribution in [3.8, 4) is 0 Å². The van der Waals surface area contributed by atoms with Gasteiger partial charge in [0.05, 0.1) is 5.92 Å². The van der Waals surface area contributed by atoms with Crippen LogP contribution in [0.15, 0.2) is 24.3 Å². The van der Waals surface area contributed by atoms with Crippen molar-refractivity contribution < 1.29 is 4.79 Å². The lowest BCUT2D eigenvalue weighted by Gasteiger charge is -2.29. The number of carbonyl (C=O) groups is 1. The van der Waals surface area contributed by atoms with Crippen molar-refractivity contribution in [3.05, 3.63) is 35.4 Å². The Morgan fingerprint density at radius 3 is 2.70 bits per heavy atom. The number of nitrogens with one attached hydrogen (secondary N) is 1. The largest absolute Gasteiger partial charge is 0.338 e. The van der Waals surface area contributed by atoms with Gasteiger partial charge in [0.2, 0.25) is 5.91 Å². The zero-order chi connectivity index (χ0) is 14.4. The summed E-state index contributed by atoms with van der Waals surface area (Å²) in [5.74, 6) is 0.486. The van der Waals surface area contributed by atoms with E-state index in [1.165, 1.54) is 11.1 Å². The summed E-state index contributed by atoms with van der Waals surface area (Å²) in [5.41, 5.74) is 2.49. The lowest BCUT2D eigenvalue weighted by Crippen LogP contribution is -2.43. The number of nitrogens with zero attached hydrogens (tertiary/aromatic N) is 1. The third kappa shape index (κ3) is 4.07. The predicted molar refractivity (Wildman–Crippen MR) is 82.5 cm³/mol. The first-order valence-electron chi connectivity index (χ1n) is 7.75. The van der Waals surface area contributed by atoms with Crippen molar-refractivity contribution in [2.75, 3.05) is 19.6 Å². The number of piperidine rings is 1. The van der Waals surface area contributed by atoms with Crippen LogP contribution in [0.1, 0.15) is 37.3 Å². The van der Waals surface area contributed by atoms with Crippen LogP contribution in [-0.2, 0) is 11.3 Å². The molecule has 1 aromatic carbocycles. The second kappa shape index (κ2) is 7.44. The molecule has 20 heavy (non-hydrogen) atoms. The average Bonchev–Trinajstić information content (AvgIpc) is 2.49. The van der Waals surface area contributed by atoms with E-state index in [1.54, 1.807) is 0 Å². The van der Waals surface area contributed by atoms with Crippen LogP contribution in [0.4, 0.5) is 0 Å². The van der Waals surface area contributed by atoms with E-state index in [-0.39, 0.29) is 5.92 Å². The molecule has 1 atom stereocenters. The van der Waals surface area contributed by atoms with Crippen LogP contribution in [0.25, 0.3) is 0 Å². The summed E-state index contributed by atoms with van der Waals surface area (Å²) in [6.45, 7) is 7.70. The summed E-state index contributed by atoms with van der Waals surface area (Å²) in [5, 5.41) is 3.34. The van der Waals surface area contributed by atoms with Crippen molar-refractivity contribution in [1.29, 1.82) is 0 Å². The van der Waals surface area contributed by atoms with E-state index in [9.17, 15) is 4.79 Å². The van der Waals surface area contributed by atoms with Crippen LogP contribution in [-0.4, -0.2) is 30.4 Å². The quantitative estimate of drug-likeness (QED) is 0.895. The third-order valence-corrected chi connectivity index (χ3v) is 3.95. The summed E-state index contributed by atoms with van der Waals surface area (Å²) in [6, 6.07) is 8.49. The second-order valence-electron chi connectivity index (χ2n) is 5.79. The summed E-state index contributed by atoms with van der Waals surface area (Å²) < 4.78 is 0. The smallest absolute Gasteiger partial charge is 0.227 e. The van der Waals surface area contributed by atoms with Gasteiger partial charge in [-0.2, -0.15) is 0 Å². The van der Waals surface area contributed by atoms with Crippen molar-refractivity contribution in [1.82, 2.24) is 10.2 Å². The first-order valence-corrected chi connectivity index (χ1v) is 7.75. The summed E-state index contributed by atoms with van der Waals surface area (Å²) in [4.78, 5) is 14.7. The van der Waals surface area contributed by atoms with Crippen LogP contribution in [0.2, 0.25) is 0 Å². The highest BCUT2D eigenvalue weighted by Gasteiger charge is 2.25. The minimum atomic E-state index is 0.167. The molecule has 1 saturated heterocycles. The molecule has 0 bridgehead atoms. The third-order valence-electron chi connectivity index (χ3n) is 3.95. The molecule has 2 rings (SSSR count). The van der Waals surface area contributed by atoms with Gasteiger partial charge in [0.1, 0.15) is 0 Å². The van der Waals surface area contributed by atoms with E-state index in [0.717, 1.165) is 45.4 Å². The summed E-state index contributed by atoms with van der Waals surface area (Å²) in [6.07, 6.45) is 3.15.